The number of nitrogens with one attached hydrogen (secondary N) is 1. The first-order chi connectivity index (χ1) is 8.74. The van der Waals surface area contributed by atoms with Crippen LogP contribution in [0.25, 0.3) is 0 Å². The smallest absolute Gasteiger partial charge is 0.0576 e. The van der Waals surface area contributed by atoms with Gasteiger partial charge < -0.3 is 11.1 Å². The lowest BCUT2D eigenvalue weighted by molar-refractivity contribution is 0.636. The van der Waals surface area contributed by atoms with Crippen LogP contribution < -0.4 is 11.1 Å². The second-order valence-corrected chi connectivity index (χ2v) is 5.07. The van der Waals surface area contributed by atoms with E-state index in [4.69, 9.17) is 5.73 Å². The van der Waals surface area contributed by atoms with Crippen molar-refractivity contribution in [1.29, 1.82) is 0 Å². The molecule has 0 heterocycles. The number of nitrogens with two attached hydrogens (primary N) is 1. The molecular formula is C16H18N2. The first kappa shape index (κ1) is 11.1. The van der Waals surface area contributed by atoms with E-state index in [1.807, 2.05) is 12.1 Å². The van der Waals surface area contributed by atoms with E-state index < -0.39 is 0 Å². The number of hydrogen-bond donors (Lipinski definition) is 2. The van der Waals surface area contributed by atoms with Gasteiger partial charge in [-0.1, -0.05) is 30.3 Å². The molecule has 0 saturated heterocycles. The Balaban J connectivity index is 1.68. The van der Waals surface area contributed by atoms with E-state index in [0.717, 1.165) is 17.9 Å². The van der Waals surface area contributed by atoms with Crippen LogP contribution in [0.15, 0.2) is 42.5 Å². The molecule has 0 fully saturated rings. The maximum Gasteiger partial charge on any atom is 0.0576 e. The summed E-state index contributed by atoms with van der Waals surface area (Å²) >= 11 is 0. The number of aryl methyl sites for hydroxylation is 1. The lowest BCUT2D eigenvalue weighted by Gasteiger charge is -2.30. The van der Waals surface area contributed by atoms with E-state index >= 15 is 0 Å². The van der Waals surface area contributed by atoms with Gasteiger partial charge in [-0.05, 0) is 42.2 Å². The Morgan fingerprint density at radius 2 is 2.06 bits per heavy atom. The minimum Gasteiger partial charge on any atom is -0.397 e. The molecule has 1 aliphatic rings. The Morgan fingerprint density at radius 1 is 1.22 bits per heavy atom. The molecule has 2 aromatic carbocycles. The van der Waals surface area contributed by atoms with Gasteiger partial charge in [0.15, 0.2) is 0 Å². The quantitative estimate of drug-likeness (QED) is 0.805. The molecule has 3 N–H and O–H groups in total. The monoisotopic (exact) mass is 238 g/mol. The van der Waals surface area contributed by atoms with Crippen LogP contribution in [0.2, 0.25) is 0 Å². The Kier molecular flexibility index (Phi) is 2.71. The first-order valence-corrected chi connectivity index (χ1v) is 6.42. The van der Waals surface area contributed by atoms with Crippen LogP contribution in [0, 0.1) is 6.92 Å². The molecule has 0 radical (unpaired) electrons. The second kappa shape index (κ2) is 4.37. The summed E-state index contributed by atoms with van der Waals surface area (Å²) in [6, 6.07) is 14.8. The molecule has 1 atom stereocenters. The first-order valence-electron chi connectivity index (χ1n) is 6.42. The summed E-state index contributed by atoms with van der Waals surface area (Å²) in [6.07, 6.45) is 1.18. The minimum absolute atomic E-state index is 0.626. The van der Waals surface area contributed by atoms with Gasteiger partial charge in [0.05, 0.1) is 11.4 Å². The zero-order valence-corrected chi connectivity index (χ0v) is 10.6. The SMILES string of the molecule is Cc1ccc(N)c(NCC2Cc3ccccc32)c1. The summed E-state index contributed by atoms with van der Waals surface area (Å²) in [4.78, 5) is 0. The molecule has 1 aliphatic carbocycles. The number of nitrogen functional groups attached to an aromatic ring is 1. The summed E-state index contributed by atoms with van der Waals surface area (Å²) < 4.78 is 0. The lowest BCUT2D eigenvalue weighted by atomic mass is 9.77. The van der Waals surface area contributed by atoms with Crippen molar-refractivity contribution in [2.75, 3.05) is 17.6 Å². The van der Waals surface area contributed by atoms with Crippen molar-refractivity contribution in [2.24, 2.45) is 0 Å². The molecule has 2 heteroatoms. The summed E-state index contributed by atoms with van der Waals surface area (Å²) in [6.45, 7) is 3.05. The van der Waals surface area contributed by atoms with Crippen LogP contribution in [0.3, 0.4) is 0 Å². The van der Waals surface area contributed by atoms with Gasteiger partial charge in [0.25, 0.3) is 0 Å². The summed E-state index contributed by atoms with van der Waals surface area (Å²) in [7, 11) is 0. The highest BCUT2D eigenvalue weighted by atomic mass is 14.9. The number of hydrogen-bond acceptors (Lipinski definition) is 2. The van der Waals surface area contributed by atoms with Gasteiger partial charge in [-0.15, -0.1) is 0 Å². The largest absolute Gasteiger partial charge is 0.397 e. The normalized spacial score (nSPS) is 16.8. The van der Waals surface area contributed by atoms with E-state index in [1.54, 1.807) is 0 Å². The van der Waals surface area contributed by atoms with Gasteiger partial charge in [0, 0.05) is 12.5 Å². The Hall–Kier alpha value is -1.96. The highest BCUT2D eigenvalue weighted by Gasteiger charge is 2.24. The van der Waals surface area contributed by atoms with Gasteiger partial charge >= 0.3 is 0 Å². The van der Waals surface area contributed by atoms with Crippen molar-refractivity contribution < 1.29 is 0 Å². The number of rotatable bonds is 3. The molecule has 92 valence electrons. The van der Waals surface area contributed by atoms with Crippen molar-refractivity contribution in [3.8, 4) is 0 Å². The molecule has 0 bridgehead atoms. The topological polar surface area (TPSA) is 38.0 Å². The zero-order chi connectivity index (χ0) is 12.5. The van der Waals surface area contributed by atoms with Crippen LogP contribution in [0.4, 0.5) is 11.4 Å². The maximum absolute atomic E-state index is 5.97. The minimum atomic E-state index is 0.626. The van der Waals surface area contributed by atoms with Gasteiger partial charge in [-0.3, -0.25) is 0 Å². The maximum atomic E-state index is 5.97. The fraction of sp³-hybridized carbons (Fsp3) is 0.250. The average molecular weight is 238 g/mol. The third-order valence-corrected chi connectivity index (χ3v) is 3.71. The van der Waals surface area contributed by atoms with Crippen molar-refractivity contribution in [2.45, 2.75) is 19.3 Å². The third-order valence-electron chi connectivity index (χ3n) is 3.71. The second-order valence-electron chi connectivity index (χ2n) is 5.07. The van der Waals surface area contributed by atoms with E-state index in [9.17, 15) is 0 Å². The van der Waals surface area contributed by atoms with Gasteiger partial charge in [-0.25, -0.2) is 0 Å². The highest BCUT2D eigenvalue weighted by molar-refractivity contribution is 5.67. The number of benzene rings is 2. The van der Waals surface area contributed by atoms with Crippen molar-refractivity contribution in [3.05, 3.63) is 59.2 Å². The molecule has 0 spiro atoms. The number of fused-ring (bicyclic) bond motifs is 1. The fourth-order valence-corrected chi connectivity index (χ4v) is 2.60. The zero-order valence-electron chi connectivity index (χ0n) is 10.6. The Labute approximate surface area is 108 Å². The van der Waals surface area contributed by atoms with Crippen LogP contribution in [0.5, 0.6) is 0 Å². The van der Waals surface area contributed by atoms with Crippen LogP contribution in [-0.2, 0) is 6.42 Å². The molecule has 2 nitrogen and oxygen atoms in total. The molecule has 2 aromatic rings. The summed E-state index contributed by atoms with van der Waals surface area (Å²) in [5, 5.41) is 3.47. The standard InChI is InChI=1S/C16H18N2/c1-11-6-7-15(17)16(8-11)18-10-13-9-12-4-2-3-5-14(12)13/h2-8,13,18H,9-10,17H2,1H3. The Bertz CT molecular complexity index is 575. The molecule has 0 aliphatic heterocycles. The van der Waals surface area contributed by atoms with E-state index in [-0.39, 0.29) is 0 Å². The molecule has 18 heavy (non-hydrogen) atoms. The molecule has 1 unspecified atom stereocenters. The summed E-state index contributed by atoms with van der Waals surface area (Å²) in [5.41, 5.74) is 12.1. The van der Waals surface area contributed by atoms with Gasteiger partial charge in [0.1, 0.15) is 0 Å². The fourth-order valence-electron chi connectivity index (χ4n) is 2.60. The van der Waals surface area contributed by atoms with E-state index in [1.165, 1.54) is 23.1 Å². The van der Waals surface area contributed by atoms with Crippen molar-refractivity contribution in [1.82, 2.24) is 0 Å². The Morgan fingerprint density at radius 3 is 2.89 bits per heavy atom. The molecule has 0 aromatic heterocycles. The van der Waals surface area contributed by atoms with Crippen LogP contribution in [-0.4, -0.2) is 6.54 Å². The summed E-state index contributed by atoms with van der Waals surface area (Å²) in [5.74, 6) is 0.626. The average Bonchev–Trinajstić information content (AvgIpc) is 2.34. The molecule has 0 amide bonds. The van der Waals surface area contributed by atoms with Crippen LogP contribution in [0.1, 0.15) is 22.6 Å². The predicted octanol–water partition coefficient (Wildman–Crippen LogP) is 3.33. The molecule has 0 saturated carbocycles. The molecular weight excluding hydrogens is 220 g/mol. The van der Waals surface area contributed by atoms with Crippen molar-refractivity contribution >= 4 is 11.4 Å². The van der Waals surface area contributed by atoms with Gasteiger partial charge in [-0.2, -0.15) is 0 Å². The highest BCUT2D eigenvalue weighted by Crippen LogP contribution is 2.35. The van der Waals surface area contributed by atoms with E-state index in [0.29, 0.717) is 5.92 Å². The number of anilines is 2. The van der Waals surface area contributed by atoms with E-state index in [2.05, 4.69) is 42.6 Å². The lowest BCUT2D eigenvalue weighted by Crippen LogP contribution is -2.24. The third kappa shape index (κ3) is 1.94. The van der Waals surface area contributed by atoms with Crippen LogP contribution >= 0.6 is 0 Å². The van der Waals surface area contributed by atoms with Gasteiger partial charge in [0.2, 0.25) is 0 Å². The predicted molar refractivity (Wildman–Crippen MR) is 77.0 cm³/mol. The molecule has 3 rings (SSSR count). The van der Waals surface area contributed by atoms with Crippen molar-refractivity contribution in [3.63, 3.8) is 0 Å².